The van der Waals surface area contributed by atoms with Gasteiger partial charge in [0.2, 0.25) is 5.70 Å². The molecule has 0 spiro atoms. The Bertz CT molecular complexity index is 456. The van der Waals surface area contributed by atoms with Gasteiger partial charge in [-0.05, 0) is 0 Å². The Balaban J connectivity index is 3.40. The van der Waals surface area contributed by atoms with Crippen LogP contribution in [-0.4, -0.2) is 26.3 Å². The Kier molecular flexibility index (Phi) is 4.53. The summed E-state index contributed by atoms with van der Waals surface area (Å²) in [6.07, 6.45) is 1.40. The SMILES string of the molecule is COc1cc(OC)c(C=C(C)[N+](=O)[O-])c(OC)c1. The molecule has 0 N–H and O–H groups in total. The Morgan fingerprint density at radius 2 is 1.67 bits per heavy atom. The molecule has 0 unspecified atom stereocenters. The quantitative estimate of drug-likeness (QED) is 0.595. The molecule has 18 heavy (non-hydrogen) atoms. The number of allylic oxidation sites excluding steroid dienone is 1. The third-order valence-electron chi connectivity index (χ3n) is 2.39. The van der Waals surface area contributed by atoms with Crippen LogP contribution in [0.2, 0.25) is 0 Å². The summed E-state index contributed by atoms with van der Waals surface area (Å²) in [5.74, 6) is 1.46. The first-order valence-electron chi connectivity index (χ1n) is 5.16. The van der Waals surface area contributed by atoms with Crippen LogP contribution in [0.25, 0.3) is 6.08 Å². The van der Waals surface area contributed by atoms with Gasteiger partial charge in [0.15, 0.2) is 0 Å². The van der Waals surface area contributed by atoms with Gasteiger partial charge in [-0.3, -0.25) is 10.1 Å². The summed E-state index contributed by atoms with van der Waals surface area (Å²) in [5, 5.41) is 10.7. The van der Waals surface area contributed by atoms with Crippen molar-refractivity contribution < 1.29 is 19.1 Å². The van der Waals surface area contributed by atoms with Crippen LogP contribution < -0.4 is 14.2 Å². The average Bonchev–Trinajstić information content (AvgIpc) is 2.38. The summed E-state index contributed by atoms with van der Waals surface area (Å²) >= 11 is 0. The molecule has 0 atom stereocenters. The lowest BCUT2D eigenvalue weighted by atomic mass is 10.1. The highest BCUT2D eigenvalue weighted by molar-refractivity contribution is 5.67. The number of nitro groups is 1. The van der Waals surface area contributed by atoms with Gasteiger partial charge in [-0.2, -0.15) is 0 Å². The van der Waals surface area contributed by atoms with Crippen LogP contribution in [0.15, 0.2) is 17.8 Å². The first-order chi connectivity index (χ1) is 8.53. The van der Waals surface area contributed by atoms with Gasteiger partial charge in [-0.1, -0.05) is 0 Å². The monoisotopic (exact) mass is 253 g/mol. The van der Waals surface area contributed by atoms with Crippen molar-refractivity contribution in [2.24, 2.45) is 0 Å². The Morgan fingerprint density at radius 3 is 2.00 bits per heavy atom. The van der Waals surface area contributed by atoms with Crippen LogP contribution in [0.5, 0.6) is 17.2 Å². The van der Waals surface area contributed by atoms with Crippen LogP contribution in [0.1, 0.15) is 12.5 Å². The number of hydrogen-bond acceptors (Lipinski definition) is 5. The van der Waals surface area contributed by atoms with E-state index in [2.05, 4.69) is 0 Å². The van der Waals surface area contributed by atoms with Crippen LogP contribution in [0.4, 0.5) is 0 Å². The van der Waals surface area contributed by atoms with E-state index in [9.17, 15) is 10.1 Å². The summed E-state index contributed by atoms with van der Waals surface area (Å²) in [7, 11) is 4.48. The van der Waals surface area contributed by atoms with Crippen molar-refractivity contribution in [1.82, 2.24) is 0 Å². The molecule has 0 aliphatic rings. The van der Waals surface area contributed by atoms with Crippen molar-refractivity contribution in [3.63, 3.8) is 0 Å². The second kappa shape index (κ2) is 5.90. The molecule has 0 amide bonds. The zero-order chi connectivity index (χ0) is 13.7. The molecule has 0 saturated carbocycles. The first-order valence-corrected chi connectivity index (χ1v) is 5.16. The highest BCUT2D eigenvalue weighted by atomic mass is 16.6. The topological polar surface area (TPSA) is 70.8 Å². The minimum absolute atomic E-state index is 0.00299. The van der Waals surface area contributed by atoms with Crippen LogP contribution in [-0.2, 0) is 0 Å². The molecule has 0 aliphatic carbocycles. The zero-order valence-corrected chi connectivity index (χ0v) is 10.7. The van der Waals surface area contributed by atoms with E-state index in [1.165, 1.54) is 34.3 Å². The van der Waals surface area contributed by atoms with Crippen molar-refractivity contribution in [1.29, 1.82) is 0 Å². The molecular formula is C12H15NO5. The minimum atomic E-state index is -0.469. The second-order valence-electron chi connectivity index (χ2n) is 3.49. The van der Waals surface area contributed by atoms with Gasteiger partial charge in [-0.15, -0.1) is 0 Å². The number of nitrogens with zero attached hydrogens (tertiary/aromatic N) is 1. The molecule has 1 aromatic carbocycles. The van der Waals surface area contributed by atoms with E-state index in [-0.39, 0.29) is 5.70 Å². The highest BCUT2D eigenvalue weighted by Gasteiger charge is 2.14. The lowest BCUT2D eigenvalue weighted by Gasteiger charge is -2.12. The van der Waals surface area contributed by atoms with Crippen molar-refractivity contribution in [2.45, 2.75) is 6.92 Å². The highest BCUT2D eigenvalue weighted by Crippen LogP contribution is 2.35. The van der Waals surface area contributed by atoms with Crippen molar-refractivity contribution in [3.05, 3.63) is 33.5 Å². The van der Waals surface area contributed by atoms with E-state index < -0.39 is 4.92 Å². The summed E-state index contributed by atoms with van der Waals surface area (Å²) in [4.78, 5) is 10.2. The van der Waals surface area contributed by atoms with Crippen molar-refractivity contribution >= 4 is 6.08 Å². The molecular weight excluding hydrogens is 238 g/mol. The first kappa shape index (κ1) is 13.8. The van der Waals surface area contributed by atoms with Gasteiger partial charge in [0.1, 0.15) is 17.2 Å². The fraction of sp³-hybridized carbons (Fsp3) is 0.333. The predicted molar refractivity (Wildman–Crippen MR) is 66.7 cm³/mol. The molecule has 0 bridgehead atoms. The molecule has 6 nitrogen and oxygen atoms in total. The molecule has 0 saturated heterocycles. The van der Waals surface area contributed by atoms with Crippen LogP contribution in [0, 0.1) is 10.1 Å². The third-order valence-corrected chi connectivity index (χ3v) is 2.39. The van der Waals surface area contributed by atoms with Gasteiger partial charge < -0.3 is 14.2 Å². The van der Waals surface area contributed by atoms with E-state index in [0.29, 0.717) is 22.8 Å². The molecule has 1 rings (SSSR count). The number of methoxy groups -OCH3 is 3. The molecule has 1 aromatic rings. The van der Waals surface area contributed by atoms with E-state index in [4.69, 9.17) is 14.2 Å². The summed E-state index contributed by atoms with van der Waals surface area (Å²) in [5.41, 5.74) is 0.506. The lowest BCUT2D eigenvalue weighted by Crippen LogP contribution is -1.98. The molecule has 98 valence electrons. The normalized spacial score (nSPS) is 11.0. The molecule has 0 aromatic heterocycles. The number of rotatable bonds is 5. The Labute approximate surface area is 105 Å². The van der Waals surface area contributed by atoms with Crippen LogP contribution in [0.3, 0.4) is 0 Å². The number of hydrogen-bond donors (Lipinski definition) is 0. The Morgan fingerprint density at radius 1 is 1.17 bits per heavy atom. The fourth-order valence-corrected chi connectivity index (χ4v) is 1.44. The molecule has 0 fully saturated rings. The van der Waals surface area contributed by atoms with Gasteiger partial charge in [0.05, 0.1) is 31.8 Å². The maximum absolute atomic E-state index is 10.7. The van der Waals surface area contributed by atoms with Gasteiger partial charge >= 0.3 is 0 Å². The van der Waals surface area contributed by atoms with Crippen molar-refractivity contribution in [3.8, 4) is 17.2 Å². The van der Waals surface area contributed by atoms with Crippen LogP contribution >= 0.6 is 0 Å². The van der Waals surface area contributed by atoms with Gasteiger partial charge in [0.25, 0.3) is 0 Å². The zero-order valence-electron chi connectivity index (χ0n) is 10.7. The summed E-state index contributed by atoms with van der Waals surface area (Å²) in [6, 6.07) is 3.28. The predicted octanol–water partition coefficient (Wildman–Crippen LogP) is 2.35. The summed E-state index contributed by atoms with van der Waals surface area (Å²) < 4.78 is 15.5. The van der Waals surface area contributed by atoms with E-state index >= 15 is 0 Å². The largest absolute Gasteiger partial charge is 0.496 e. The molecule has 0 heterocycles. The van der Waals surface area contributed by atoms with Gasteiger partial charge in [-0.25, -0.2) is 0 Å². The summed E-state index contributed by atoms with van der Waals surface area (Å²) in [6.45, 7) is 1.41. The molecule has 6 heteroatoms. The molecule has 0 aliphatic heterocycles. The van der Waals surface area contributed by atoms with E-state index in [1.807, 2.05) is 0 Å². The maximum atomic E-state index is 10.7. The van der Waals surface area contributed by atoms with E-state index in [0.717, 1.165) is 0 Å². The standard InChI is InChI=1S/C12H15NO5/c1-8(13(14)15)5-10-11(17-3)6-9(16-2)7-12(10)18-4/h5-7H,1-4H3. The second-order valence-corrected chi connectivity index (χ2v) is 3.49. The lowest BCUT2D eigenvalue weighted by molar-refractivity contribution is -0.422. The third kappa shape index (κ3) is 2.91. The maximum Gasteiger partial charge on any atom is 0.244 e. The van der Waals surface area contributed by atoms with Crippen molar-refractivity contribution in [2.75, 3.05) is 21.3 Å². The minimum Gasteiger partial charge on any atom is -0.496 e. The van der Waals surface area contributed by atoms with Gasteiger partial charge in [0, 0.05) is 25.1 Å². The fourth-order valence-electron chi connectivity index (χ4n) is 1.44. The number of benzene rings is 1. The average molecular weight is 253 g/mol. The Hall–Kier alpha value is -2.24. The number of ether oxygens (including phenoxy) is 3. The van der Waals surface area contributed by atoms with E-state index in [1.54, 1.807) is 12.1 Å². The molecule has 0 radical (unpaired) electrons. The smallest absolute Gasteiger partial charge is 0.244 e.